The van der Waals surface area contributed by atoms with Gasteiger partial charge in [0, 0.05) is 44.5 Å². The summed E-state index contributed by atoms with van der Waals surface area (Å²) >= 11 is 0. The van der Waals surface area contributed by atoms with Crippen molar-refractivity contribution in [1.29, 1.82) is 0 Å². The first-order chi connectivity index (χ1) is 12.9. The molecule has 142 valence electrons. The lowest BCUT2D eigenvalue weighted by molar-refractivity contribution is -0.114. The van der Waals surface area contributed by atoms with E-state index in [0.29, 0.717) is 26.2 Å². The van der Waals surface area contributed by atoms with Crippen LogP contribution in [-0.4, -0.2) is 43.0 Å². The maximum absolute atomic E-state index is 13.7. The molecule has 6 nitrogen and oxygen atoms in total. The average Bonchev–Trinajstić information content (AvgIpc) is 2.65. The Morgan fingerprint density at radius 3 is 2.04 bits per heavy atom. The Hall–Kier alpha value is -3.16. The first-order valence-corrected chi connectivity index (χ1v) is 8.56. The molecule has 1 aliphatic rings. The number of nitrogens with one attached hydrogen (secondary N) is 2. The molecule has 0 bridgehead atoms. The predicted octanol–water partition coefficient (Wildman–Crippen LogP) is 3.28. The lowest BCUT2D eigenvalue weighted by atomic mass is 10.2. The maximum Gasteiger partial charge on any atom is 0.322 e. The van der Waals surface area contributed by atoms with Crippen molar-refractivity contribution in [1.82, 2.24) is 4.90 Å². The molecule has 1 aliphatic heterocycles. The van der Waals surface area contributed by atoms with E-state index in [1.54, 1.807) is 0 Å². The van der Waals surface area contributed by atoms with Crippen LogP contribution in [0.4, 0.5) is 30.6 Å². The number of carbonyl (C=O) groups is 2. The van der Waals surface area contributed by atoms with Gasteiger partial charge in [0.1, 0.15) is 17.3 Å². The minimum Gasteiger partial charge on any atom is -0.368 e. The lowest BCUT2D eigenvalue weighted by Crippen LogP contribution is -2.50. The first kappa shape index (κ1) is 18.6. The van der Waals surface area contributed by atoms with Crippen LogP contribution in [0.5, 0.6) is 0 Å². The normalized spacial score (nSPS) is 14.0. The molecule has 2 aromatic carbocycles. The van der Waals surface area contributed by atoms with Crippen molar-refractivity contribution in [2.24, 2.45) is 0 Å². The monoisotopic (exact) mass is 374 g/mol. The summed E-state index contributed by atoms with van der Waals surface area (Å²) in [7, 11) is 0. The molecule has 0 aliphatic carbocycles. The Bertz CT molecular complexity index is 814. The molecule has 3 amide bonds. The van der Waals surface area contributed by atoms with E-state index >= 15 is 0 Å². The zero-order valence-electron chi connectivity index (χ0n) is 14.8. The second-order valence-corrected chi connectivity index (χ2v) is 6.23. The molecule has 0 atom stereocenters. The minimum absolute atomic E-state index is 0.131. The van der Waals surface area contributed by atoms with Crippen LogP contribution in [-0.2, 0) is 4.79 Å². The number of hydrogen-bond donors (Lipinski definition) is 2. The molecule has 0 saturated carbocycles. The number of anilines is 3. The van der Waals surface area contributed by atoms with Crippen molar-refractivity contribution in [3.05, 3.63) is 54.1 Å². The second kappa shape index (κ2) is 8.03. The summed E-state index contributed by atoms with van der Waals surface area (Å²) in [5.41, 5.74) is 1.26. The molecule has 3 rings (SSSR count). The fourth-order valence-corrected chi connectivity index (χ4v) is 2.93. The molecule has 2 N–H and O–H groups in total. The minimum atomic E-state index is -0.804. The number of nitrogens with zero attached hydrogens (tertiary/aromatic N) is 2. The van der Waals surface area contributed by atoms with Crippen LogP contribution in [0.1, 0.15) is 6.92 Å². The highest BCUT2D eigenvalue weighted by atomic mass is 19.1. The number of rotatable bonds is 3. The highest BCUT2D eigenvalue weighted by Gasteiger charge is 2.23. The van der Waals surface area contributed by atoms with Crippen molar-refractivity contribution in [2.75, 3.05) is 41.7 Å². The largest absolute Gasteiger partial charge is 0.368 e. The molecular formula is C19H20F2N4O2. The smallest absolute Gasteiger partial charge is 0.322 e. The number of urea groups is 1. The van der Waals surface area contributed by atoms with E-state index in [0.717, 1.165) is 23.5 Å². The summed E-state index contributed by atoms with van der Waals surface area (Å²) in [5, 5.41) is 5.02. The summed E-state index contributed by atoms with van der Waals surface area (Å²) in [6.07, 6.45) is 0. The van der Waals surface area contributed by atoms with Crippen molar-refractivity contribution in [3.63, 3.8) is 0 Å². The Morgan fingerprint density at radius 1 is 0.889 bits per heavy atom. The number of carbonyl (C=O) groups excluding carboxylic acids is 2. The van der Waals surface area contributed by atoms with E-state index < -0.39 is 23.4 Å². The van der Waals surface area contributed by atoms with Crippen molar-refractivity contribution < 1.29 is 18.4 Å². The van der Waals surface area contributed by atoms with Gasteiger partial charge >= 0.3 is 6.03 Å². The van der Waals surface area contributed by atoms with Crippen molar-refractivity contribution in [2.45, 2.75) is 6.92 Å². The lowest BCUT2D eigenvalue weighted by Gasteiger charge is -2.36. The van der Waals surface area contributed by atoms with Crippen molar-refractivity contribution in [3.8, 4) is 0 Å². The molecule has 27 heavy (non-hydrogen) atoms. The number of para-hydroxylation sites is 1. The van der Waals surface area contributed by atoms with Gasteiger partial charge in [-0.1, -0.05) is 6.07 Å². The standard InChI is InChI=1S/C19H20F2N4O2/c1-13(26)22-14-5-7-15(8-6-14)24-9-11-25(12-10-24)19(27)23-18-16(20)3-2-4-17(18)21/h2-8H,9-12H2,1H3,(H,22,26)(H,23,27). The summed E-state index contributed by atoms with van der Waals surface area (Å²) in [4.78, 5) is 27.0. The zero-order chi connectivity index (χ0) is 19.4. The van der Waals surface area contributed by atoms with Gasteiger partial charge in [0.2, 0.25) is 5.91 Å². The summed E-state index contributed by atoms with van der Waals surface area (Å²) in [6.45, 7) is 3.48. The number of piperazine rings is 1. The number of benzene rings is 2. The van der Waals surface area contributed by atoms with Crippen LogP contribution in [0.25, 0.3) is 0 Å². The van der Waals surface area contributed by atoms with Gasteiger partial charge in [0.25, 0.3) is 0 Å². The molecule has 0 radical (unpaired) electrons. The van der Waals surface area contributed by atoms with Gasteiger partial charge in [0.05, 0.1) is 0 Å². The Morgan fingerprint density at radius 2 is 1.48 bits per heavy atom. The fourth-order valence-electron chi connectivity index (χ4n) is 2.93. The SMILES string of the molecule is CC(=O)Nc1ccc(N2CCN(C(=O)Nc3c(F)cccc3F)CC2)cc1. The van der Waals surface area contributed by atoms with Gasteiger partial charge in [-0.25, -0.2) is 13.6 Å². The van der Waals surface area contributed by atoms with E-state index in [-0.39, 0.29) is 5.91 Å². The topological polar surface area (TPSA) is 64.7 Å². The van der Waals surface area contributed by atoms with E-state index in [9.17, 15) is 18.4 Å². The Labute approximate surface area is 155 Å². The third-order valence-corrected chi connectivity index (χ3v) is 4.31. The third-order valence-electron chi connectivity index (χ3n) is 4.31. The summed E-state index contributed by atoms with van der Waals surface area (Å²) in [5.74, 6) is -1.74. The Balaban J connectivity index is 1.57. The first-order valence-electron chi connectivity index (χ1n) is 8.56. The molecule has 1 fully saturated rings. The highest BCUT2D eigenvalue weighted by Crippen LogP contribution is 2.21. The van der Waals surface area contributed by atoms with Crippen LogP contribution in [0, 0.1) is 11.6 Å². The molecule has 1 saturated heterocycles. The quantitative estimate of drug-likeness (QED) is 0.867. The molecule has 2 aromatic rings. The van der Waals surface area contributed by atoms with Crippen LogP contribution >= 0.6 is 0 Å². The number of amides is 3. The number of hydrogen-bond acceptors (Lipinski definition) is 3. The van der Waals surface area contributed by atoms with Crippen LogP contribution in [0.2, 0.25) is 0 Å². The van der Waals surface area contributed by atoms with Gasteiger partial charge in [-0.05, 0) is 36.4 Å². The number of halogens is 2. The molecular weight excluding hydrogens is 354 g/mol. The molecule has 0 spiro atoms. The van der Waals surface area contributed by atoms with Gasteiger partial charge < -0.3 is 20.4 Å². The van der Waals surface area contributed by atoms with Crippen LogP contribution in [0.3, 0.4) is 0 Å². The van der Waals surface area contributed by atoms with Gasteiger partial charge in [0.15, 0.2) is 0 Å². The van der Waals surface area contributed by atoms with Crippen molar-refractivity contribution >= 4 is 29.0 Å². The maximum atomic E-state index is 13.7. The summed E-state index contributed by atoms with van der Waals surface area (Å²) in [6, 6.07) is 10.3. The Kier molecular flexibility index (Phi) is 5.54. The average molecular weight is 374 g/mol. The molecule has 8 heteroatoms. The third kappa shape index (κ3) is 4.52. The predicted molar refractivity (Wildman–Crippen MR) is 99.9 cm³/mol. The van der Waals surface area contributed by atoms with Crippen LogP contribution < -0.4 is 15.5 Å². The van der Waals surface area contributed by atoms with Gasteiger partial charge in [-0.2, -0.15) is 0 Å². The highest BCUT2D eigenvalue weighted by molar-refractivity contribution is 5.90. The van der Waals surface area contributed by atoms with E-state index in [4.69, 9.17) is 0 Å². The van der Waals surface area contributed by atoms with E-state index in [1.807, 2.05) is 24.3 Å². The van der Waals surface area contributed by atoms with E-state index in [1.165, 1.54) is 17.9 Å². The molecule has 1 heterocycles. The summed E-state index contributed by atoms with van der Waals surface area (Å²) < 4.78 is 27.3. The second-order valence-electron chi connectivity index (χ2n) is 6.23. The van der Waals surface area contributed by atoms with Gasteiger partial charge in [-0.3, -0.25) is 4.79 Å². The van der Waals surface area contributed by atoms with Crippen LogP contribution in [0.15, 0.2) is 42.5 Å². The molecule has 0 unspecified atom stereocenters. The zero-order valence-corrected chi connectivity index (χ0v) is 14.8. The molecule has 0 aromatic heterocycles. The van der Waals surface area contributed by atoms with Gasteiger partial charge in [-0.15, -0.1) is 0 Å². The fraction of sp³-hybridized carbons (Fsp3) is 0.263. The van der Waals surface area contributed by atoms with E-state index in [2.05, 4.69) is 15.5 Å².